The summed E-state index contributed by atoms with van der Waals surface area (Å²) in [4.78, 5) is 26.2. The first kappa shape index (κ1) is 26.7. The van der Waals surface area contributed by atoms with Gasteiger partial charge < -0.3 is 15.1 Å². The van der Waals surface area contributed by atoms with Crippen LogP contribution in [-0.4, -0.2) is 26.8 Å². The molecule has 0 spiro atoms. The molecule has 0 unspecified atom stereocenters. The van der Waals surface area contributed by atoms with Crippen molar-refractivity contribution in [2.75, 3.05) is 16.2 Å². The Hall–Kier alpha value is -4.37. The maximum Gasteiger partial charge on any atom is 0.264 e. The summed E-state index contributed by atoms with van der Waals surface area (Å²) in [5.41, 5.74) is 3.40. The lowest BCUT2D eigenvalue weighted by molar-refractivity contribution is -0.114. The molecular weight excluding hydrogens is 502 g/mol. The molecule has 0 aliphatic carbocycles. The van der Waals surface area contributed by atoms with E-state index in [1.165, 1.54) is 18.4 Å². The third-order valence-electron chi connectivity index (χ3n) is 5.98. The Morgan fingerprint density at radius 3 is 2.29 bits per heavy atom. The quantitative estimate of drug-likeness (QED) is 0.317. The van der Waals surface area contributed by atoms with E-state index in [0.717, 1.165) is 15.4 Å². The zero-order chi connectivity index (χ0) is 27.3. The minimum Gasteiger partial charge on any atom is -0.467 e. The topological polar surface area (TPSA) is 109 Å². The van der Waals surface area contributed by atoms with Crippen molar-refractivity contribution in [3.63, 3.8) is 0 Å². The fourth-order valence-electron chi connectivity index (χ4n) is 3.91. The highest BCUT2D eigenvalue weighted by molar-refractivity contribution is 7.92. The number of sulfonamides is 1. The Labute approximate surface area is 222 Å². The van der Waals surface area contributed by atoms with E-state index in [1.54, 1.807) is 61.5 Å². The largest absolute Gasteiger partial charge is 0.467 e. The number of hydrogen-bond donors (Lipinski definition) is 2. The molecule has 0 aliphatic heterocycles. The number of aryl methyl sites for hydroxylation is 3. The van der Waals surface area contributed by atoms with Gasteiger partial charge in [0.2, 0.25) is 5.91 Å². The number of amides is 2. The van der Waals surface area contributed by atoms with Crippen molar-refractivity contribution in [1.82, 2.24) is 5.32 Å². The van der Waals surface area contributed by atoms with Crippen LogP contribution in [0.2, 0.25) is 0 Å². The number of carbonyl (C=O) groups is 2. The summed E-state index contributed by atoms with van der Waals surface area (Å²) in [6.45, 7) is 5.22. The summed E-state index contributed by atoms with van der Waals surface area (Å²) in [5, 5.41) is 5.48. The molecule has 0 saturated carbocycles. The monoisotopic (exact) mass is 531 g/mol. The van der Waals surface area contributed by atoms with E-state index < -0.39 is 28.4 Å². The number of benzene rings is 3. The van der Waals surface area contributed by atoms with Crippen LogP contribution in [0, 0.1) is 20.8 Å². The number of nitrogens with zero attached hydrogens (tertiary/aromatic N) is 1. The molecule has 0 atom stereocenters. The van der Waals surface area contributed by atoms with Gasteiger partial charge in [-0.15, -0.1) is 0 Å². The highest BCUT2D eigenvalue weighted by Crippen LogP contribution is 2.28. The third-order valence-corrected chi connectivity index (χ3v) is 7.75. The number of hydrogen-bond acceptors (Lipinski definition) is 5. The van der Waals surface area contributed by atoms with Gasteiger partial charge in [0.1, 0.15) is 12.3 Å². The Kier molecular flexibility index (Phi) is 7.97. The molecule has 3 aromatic carbocycles. The second-order valence-electron chi connectivity index (χ2n) is 8.97. The molecule has 4 aromatic rings. The van der Waals surface area contributed by atoms with Gasteiger partial charge in [-0.2, -0.15) is 0 Å². The van der Waals surface area contributed by atoms with Crippen LogP contribution < -0.4 is 14.9 Å². The van der Waals surface area contributed by atoms with Crippen molar-refractivity contribution in [3.8, 4) is 0 Å². The normalized spacial score (nSPS) is 11.1. The predicted octanol–water partition coefficient (Wildman–Crippen LogP) is 4.97. The molecule has 38 heavy (non-hydrogen) atoms. The van der Waals surface area contributed by atoms with E-state index >= 15 is 0 Å². The summed E-state index contributed by atoms with van der Waals surface area (Å²) in [6, 6.07) is 21.9. The first-order chi connectivity index (χ1) is 18.1. The van der Waals surface area contributed by atoms with Crippen LogP contribution in [0.3, 0.4) is 0 Å². The average Bonchev–Trinajstić information content (AvgIpc) is 3.42. The highest BCUT2D eigenvalue weighted by atomic mass is 32.2. The van der Waals surface area contributed by atoms with Crippen LogP contribution in [-0.2, 0) is 21.4 Å². The number of furan rings is 1. The lowest BCUT2D eigenvalue weighted by atomic mass is 10.1. The van der Waals surface area contributed by atoms with E-state index in [2.05, 4.69) is 10.6 Å². The first-order valence-electron chi connectivity index (χ1n) is 12.0. The molecule has 2 N–H and O–H groups in total. The van der Waals surface area contributed by atoms with Crippen LogP contribution in [0.15, 0.2) is 94.4 Å². The molecule has 8 nitrogen and oxygen atoms in total. The summed E-state index contributed by atoms with van der Waals surface area (Å²) >= 11 is 0. The lowest BCUT2D eigenvalue weighted by Crippen LogP contribution is -2.39. The summed E-state index contributed by atoms with van der Waals surface area (Å²) in [7, 11) is -4.07. The molecule has 0 aliphatic rings. The van der Waals surface area contributed by atoms with Gasteiger partial charge in [-0.1, -0.05) is 42.0 Å². The zero-order valence-electron chi connectivity index (χ0n) is 21.4. The smallest absolute Gasteiger partial charge is 0.264 e. The maximum atomic E-state index is 13.7. The van der Waals surface area contributed by atoms with Crippen LogP contribution in [0.4, 0.5) is 11.4 Å². The van der Waals surface area contributed by atoms with E-state index in [1.807, 2.05) is 26.0 Å². The van der Waals surface area contributed by atoms with Crippen molar-refractivity contribution >= 4 is 33.2 Å². The summed E-state index contributed by atoms with van der Waals surface area (Å²) < 4.78 is 33.8. The second-order valence-corrected chi connectivity index (χ2v) is 10.8. The number of carbonyl (C=O) groups excluding carboxylic acids is 2. The summed E-state index contributed by atoms with van der Waals surface area (Å²) in [5.74, 6) is -0.408. The fraction of sp³-hybridized carbons (Fsp3) is 0.172. The number of nitrogens with one attached hydrogen (secondary N) is 2. The molecule has 1 aromatic heterocycles. The van der Waals surface area contributed by atoms with Gasteiger partial charge in [0, 0.05) is 0 Å². The Morgan fingerprint density at radius 2 is 1.58 bits per heavy atom. The fourth-order valence-corrected chi connectivity index (χ4v) is 5.39. The Bertz CT molecular complexity index is 1550. The van der Waals surface area contributed by atoms with E-state index in [4.69, 9.17) is 4.42 Å². The Morgan fingerprint density at radius 1 is 0.868 bits per heavy atom. The predicted molar refractivity (Wildman–Crippen MR) is 147 cm³/mol. The van der Waals surface area contributed by atoms with Gasteiger partial charge in [-0.05, 0) is 74.4 Å². The van der Waals surface area contributed by atoms with Gasteiger partial charge in [0.15, 0.2) is 0 Å². The molecule has 196 valence electrons. The van der Waals surface area contributed by atoms with Crippen LogP contribution in [0.1, 0.15) is 32.8 Å². The summed E-state index contributed by atoms with van der Waals surface area (Å²) in [6.07, 6.45) is 1.52. The SMILES string of the molecule is Cc1ccc(S(=O)(=O)N(CC(=O)Nc2ccccc2C(=O)NCc2ccco2)c2cc(C)ccc2C)cc1. The lowest BCUT2D eigenvalue weighted by Gasteiger charge is -2.26. The van der Waals surface area contributed by atoms with Crippen LogP contribution in [0.5, 0.6) is 0 Å². The average molecular weight is 532 g/mol. The molecule has 0 fully saturated rings. The number of rotatable bonds is 9. The van der Waals surface area contributed by atoms with Crippen molar-refractivity contribution in [2.45, 2.75) is 32.2 Å². The van der Waals surface area contributed by atoms with Gasteiger partial charge in [-0.25, -0.2) is 8.42 Å². The number of anilines is 2. The van der Waals surface area contributed by atoms with Gasteiger partial charge >= 0.3 is 0 Å². The molecule has 0 radical (unpaired) electrons. The molecule has 0 saturated heterocycles. The first-order valence-corrected chi connectivity index (χ1v) is 13.5. The van der Waals surface area contributed by atoms with Crippen molar-refractivity contribution in [3.05, 3.63) is 113 Å². The maximum absolute atomic E-state index is 13.7. The molecule has 9 heteroatoms. The Balaban J connectivity index is 1.61. The molecular formula is C29H29N3O5S. The van der Waals surface area contributed by atoms with Crippen molar-refractivity contribution < 1.29 is 22.4 Å². The van der Waals surface area contributed by atoms with Gasteiger partial charge in [-0.3, -0.25) is 13.9 Å². The minimum absolute atomic E-state index is 0.0783. The van der Waals surface area contributed by atoms with Gasteiger partial charge in [0.25, 0.3) is 15.9 Å². The zero-order valence-corrected chi connectivity index (χ0v) is 22.2. The molecule has 1 heterocycles. The third kappa shape index (κ3) is 6.12. The van der Waals surface area contributed by atoms with Crippen LogP contribution >= 0.6 is 0 Å². The van der Waals surface area contributed by atoms with Crippen molar-refractivity contribution in [2.24, 2.45) is 0 Å². The van der Waals surface area contributed by atoms with Gasteiger partial charge in [0.05, 0.1) is 34.6 Å². The molecule has 0 bridgehead atoms. The standard InChI is InChI=1S/C29H29N3O5S/c1-20-11-14-24(15-12-20)38(35,36)32(27-17-21(2)10-13-22(27)3)19-28(33)31-26-9-5-4-8-25(26)29(34)30-18-23-7-6-16-37-23/h4-17H,18-19H2,1-3H3,(H,30,34)(H,31,33). The van der Waals surface area contributed by atoms with E-state index in [0.29, 0.717) is 17.0 Å². The van der Waals surface area contributed by atoms with E-state index in [9.17, 15) is 18.0 Å². The van der Waals surface area contributed by atoms with Crippen molar-refractivity contribution in [1.29, 1.82) is 0 Å². The van der Waals surface area contributed by atoms with Crippen LogP contribution in [0.25, 0.3) is 0 Å². The van der Waals surface area contributed by atoms with E-state index in [-0.39, 0.29) is 22.7 Å². The highest BCUT2D eigenvalue weighted by Gasteiger charge is 2.29. The minimum atomic E-state index is -4.07. The second kappa shape index (κ2) is 11.4. The number of para-hydroxylation sites is 1. The molecule has 4 rings (SSSR count). The molecule has 2 amide bonds.